The molecule has 0 aliphatic carbocycles. The molecule has 10 heteroatoms. The molecule has 0 fully saturated rings. The Hall–Kier alpha value is -5.90. The Bertz CT molecular complexity index is 2100. The molecule has 0 unspecified atom stereocenters. The smallest absolute Gasteiger partial charge is 0.204 e. The largest absolute Gasteiger partial charge is 0.508 e. The molecule has 40 heavy (non-hydrogen) atoms. The minimum absolute atomic E-state index is 0.00613. The van der Waals surface area contributed by atoms with Crippen molar-refractivity contribution in [3.8, 4) is 67.9 Å². The highest BCUT2D eigenvalue weighted by molar-refractivity contribution is 6.02. The molecule has 10 nitrogen and oxygen atoms in total. The molecular formula is C30H18O10. The van der Waals surface area contributed by atoms with E-state index in [1.54, 1.807) is 0 Å². The quantitative estimate of drug-likeness (QED) is 0.177. The summed E-state index contributed by atoms with van der Waals surface area (Å²) in [5.41, 5.74) is -0.975. The highest BCUT2D eigenvalue weighted by Crippen LogP contribution is 2.45. The highest BCUT2D eigenvalue weighted by Gasteiger charge is 2.23. The fourth-order valence-corrected chi connectivity index (χ4v) is 4.70. The van der Waals surface area contributed by atoms with E-state index in [0.29, 0.717) is 5.56 Å². The lowest BCUT2D eigenvalue weighted by Gasteiger charge is -2.13. The molecule has 0 amide bonds. The Labute approximate surface area is 223 Å². The summed E-state index contributed by atoms with van der Waals surface area (Å²) in [7, 11) is 0. The average molecular weight is 538 g/mol. The first kappa shape index (κ1) is 24.4. The van der Waals surface area contributed by atoms with Gasteiger partial charge in [-0.1, -0.05) is 18.2 Å². The molecule has 0 aliphatic rings. The first-order valence-electron chi connectivity index (χ1n) is 11.7. The molecule has 0 aliphatic heterocycles. The van der Waals surface area contributed by atoms with E-state index in [2.05, 4.69) is 0 Å². The SMILES string of the molecule is O=c1c(-c2ccc(O)c(-c3c(O)cc(O)c4c(=O)c(-c5ccc(O)cc5)coc34)c2)coc2cc(O)cc(O)c12. The summed E-state index contributed by atoms with van der Waals surface area (Å²) in [6.07, 6.45) is 2.26. The van der Waals surface area contributed by atoms with Gasteiger partial charge in [-0.3, -0.25) is 9.59 Å². The van der Waals surface area contributed by atoms with Crippen LogP contribution >= 0.6 is 0 Å². The molecule has 0 saturated heterocycles. The van der Waals surface area contributed by atoms with Crippen molar-refractivity contribution in [2.24, 2.45) is 0 Å². The van der Waals surface area contributed by atoms with Gasteiger partial charge in [-0.15, -0.1) is 0 Å². The van der Waals surface area contributed by atoms with Gasteiger partial charge < -0.3 is 39.5 Å². The number of phenols is 6. The van der Waals surface area contributed by atoms with Gasteiger partial charge in [-0.25, -0.2) is 0 Å². The Balaban J connectivity index is 1.58. The number of fused-ring (bicyclic) bond motifs is 2. The van der Waals surface area contributed by atoms with Gasteiger partial charge in [0.15, 0.2) is 5.58 Å². The predicted octanol–water partition coefficient (Wildman–Crippen LogP) is 5.13. The van der Waals surface area contributed by atoms with Crippen molar-refractivity contribution >= 4 is 21.9 Å². The molecule has 6 N–H and O–H groups in total. The minimum atomic E-state index is -0.629. The molecule has 0 spiro atoms. The van der Waals surface area contributed by atoms with Crippen LogP contribution in [0.5, 0.6) is 34.5 Å². The Morgan fingerprint density at radius 2 is 1.12 bits per heavy atom. The summed E-state index contributed by atoms with van der Waals surface area (Å²) in [5, 5.41) is 61.2. The number of hydrogen-bond acceptors (Lipinski definition) is 10. The van der Waals surface area contributed by atoms with E-state index < -0.39 is 28.1 Å². The molecule has 4 aromatic carbocycles. The number of benzene rings is 4. The van der Waals surface area contributed by atoms with Crippen LogP contribution in [0.15, 0.2) is 91.6 Å². The number of hydrogen-bond donors (Lipinski definition) is 6. The van der Waals surface area contributed by atoms with Gasteiger partial charge in [0, 0.05) is 23.8 Å². The molecule has 0 radical (unpaired) electrons. The molecule has 0 saturated carbocycles. The van der Waals surface area contributed by atoms with Crippen molar-refractivity contribution in [1.82, 2.24) is 0 Å². The van der Waals surface area contributed by atoms with Gasteiger partial charge in [0.2, 0.25) is 10.9 Å². The van der Waals surface area contributed by atoms with E-state index in [1.165, 1.54) is 48.5 Å². The molecule has 0 atom stereocenters. The number of rotatable bonds is 3. The fourth-order valence-electron chi connectivity index (χ4n) is 4.70. The van der Waals surface area contributed by atoms with Gasteiger partial charge in [0.05, 0.1) is 16.7 Å². The monoisotopic (exact) mass is 538 g/mol. The van der Waals surface area contributed by atoms with Crippen LogP contribution in [0.25, 0.3) is 55.3 Å². The van der Waals surface area contributed by atoms with E-state index in [0.717, 1.165) is 24.7 Å². The molecule has 198 valence electrons. The van der Waals surface area contributed by atoms with Crippen LogP contribution in [0.4, 0.5) is 0 Å². The normalized spacial score (nSPS) is 11.3. The minimum Gasteiger partial charge on any atom is -0.508 e. The standard InChI is InChI=1S/C30H18O10/c31-15-4-1-13(2-5-15)18-12-40-30-25(22(35)10-23(36)27(30)29(18)38)17-7-14(3-6-20(17)33)19-11-39-24-9-16(32)8-21(34)26(24)28(19)37/h1-12,31-36H. The fraction of sp³-hybridized carbons (Fsp3) is 0. The zero-order chi connectivity index (χ0) is 28.3. The van der Waals surface area contributed by atoms with Crippen molar-refractivity contribution < 1.29 is 39.5 Å². The Morgan fingerprint density at radius 3 is 1.88 bits per heavy atom. The van der Waals surface area contributed by atoms with E-state index in [9.17, 15) is 40.2 Å². The van der Waals surface area contributed by atoms with Crippen molar-refractivity contribution in [3.05, 3.63) is 93.6 Å². The lowest BCUT2D eigenvalue weighted by molar-refractivity contribution is 0.451. The molecule has 0 bridgehead atoms. The highest BCUT2D eigenvalue weighted by atomic mass is 16.3. The zero-order valence-electron chi connectivity index (χ0n) is 20.2. The summed E-state index contributed by atoms with van der Waals surface area (Å²) in [6, 6.07) is 12.9. The van der Waals surface area contributed by atoms with Crippen LogP contribution in [0, 0.1) is 0 Å². The maximum Gasteiger partial charge on any atom is 0.204 e. The van der Waals surface area contributed by atoms with E-state index in [-0.39, 0.29) is 67.0 Å². The van der Waals surface area contributed by atoms with Crippen LogP contribution < -0.4 is 10.9 Å². The van der Waals surface area contributed by atoms with Gasteiger partial charge >= 0.3 is 0 Å². The van der Waals surface area contributed by atoms with Crippen LogP contribution in [-0.2, 0) is 0 Å². The summed E-state index contributed by atoms with van der Waals surface area (Å²) in [4.78, 5) is 26.6. The Morgan fingerprint density at radius 1 is 0.500 bits per heavy atom. The van der Waals surface area contributed by atoms with Gasteiger partial charge in [0.1, 0.15) is 63.4 Å². The average Bonchev–Trinajstić information content (AvgIpc) is 2.90. The molecule has 2 heterocycles. The second-order valence-electron chi connectivity index (χ2n) is 9.07. The van der Waals surface area contributed by atoms with Gasteiger partial charge in [-0.05, 0) is 35.4 Å². The molecule has 6 rings (SSSR count). The summed E-state index contributed by atoms with van der Waals surface area (Å²) in [6.45, 7) is 0. The van der Waals surface area contributed by atoms with Crippen molar-refractivity contribution in [3.63, 3.8) is 0 Å². The van der Waals surface area contributed by atoms with Gasteiger partial charge in [0.25, 0.3) is 0 Å². The van der Waals surface area contributed by atoms with Crippen molar-refractivity contribution in [2.75, 3.05) is 0 Å². The third-order valence-electron chi connectivity index (χ3n) is 6.60. The third kappa shape index (κ3) is 3.74. The second-order valence-corrected chi connectivity index (χ2v) is 9.07. The van der Waals surface area contributed by atoms with Gasteiger partial charge in [-0.2, -0.15) is 0 Å². The summed E-state index contributed by atoms with van der Waals surface area (Å²) < 4.78 is 11.2. The lowest BCUT2D eigenvalue weighted by Crippen LogP contribution is -2.06. The molecular weight excluding hydrogens is 520 g/mol. The first-order chi connectivity index (χ1) is 19.1. The van der Waals surface area contributed by atoms with Crippen LogP contribution in [0.2, 0.25) is 0 Å². The topological polar surface area (TPSA) is 182 Å². The first-order valence-corrected chi connectivity index (χ1v) is 11.7. The summed E-state index contributed by atoms with van der Waals surface area (Å²) >= 11 is 0. The lowest BCUT2D eigenvalue weighted by atomic mass is 9.95. The van der Waals surface area contributed by atoms with E-state index in [4.69, 9.17) is 8.83 Å². The van der Waals surface area contributed by atoms with E-state index in [1.807, 2.05) is 0 Å². The van der Waals surface area contributed by atoms with Crippen LogP contribution in [0.1, 0.15) is 0 Å². The third-order valence-corrected chi connectivity index (χ3v) is 6.60. The number of aromatic hydroxyl groups is 6. The van der Waals surface area contributed by atoms with Crippen molar-refractivity contribution in [1.29, 1.82) is 0 Å². The maximum atomic E-state index is 13.4. The van der Waals surface area contributed by atoms with Crippen LogP contribution in [0.3, 0.4) is 0 Å². The van der Waals surface area contributed by atoms with E-state index >= 15 is 0 Å². The second kappa shape index (κ2) is 8.84. The zero-order valence-corrected chi connectivity index (χ0v) is 20.2. The van der Waals surface area contributed by atoms with Crippen molar-refractivity contribution in [2.45, 2.75) is 0 Å². The predicted molar refractivity (Wildman–Crippen MR) is 145 cm³/mol. The molecule has 2 aromatic heterocycles. The Kier molecular flexibility index (Phi) is 5.40. The summed E-state index contributed by atoms with van der Waals surface area (Å²) in [5.74, 6) is -2.20. The van der Waals surface area contributed by atoms with Crippen LogP contribution in [-0.4, -0.2) is 30.6 Å². The molecule has 6 aromatic rings. The maximum absolute atomic E-state index is 13.4. The number of phenolic OH excluding ortho intramolecular Hbond substituents is 6.